The quantitative estimate of drug-likeness (QED) is 0.894. The van der Waals surface area contributed by atoms with E-state index in [1.165, 1.54) is 32.1 Å². The van der Waals surface area contributed by atoms with Crippen LogP contribution in [-0.4, -0.2) is 22.8 Å². The average molecular weight is 272 g/mol. The molecule has 3 N–H and O–H groups in total. The highest BCUT2D eigenvalue weighted by molar-refractivity contribution is 5.58. The van der Waals surface area contributed by atoms with E-state index in [-0.39, 0.29) is 0 Å². The first-order chi connectivity index (χ1) is 9.86. The van der Waals surface area contributed by atoms with E-state index in [2.05, 4.69) is 27.6 Å². The highest BCUT2D eigenvalue weighted by Gasteiger charge is 2.23. The van der Waals surface area contributed by atoms with Crippen LogP contribution >= 0.6 is 0 Å². The Balaban J connectivity index is 1.68. The largest absolute Gasteiger partial charge is 0.423 e. The standard InChI is InChI=1S/C15H20N4O/c16-9-12-3-1-2-4-14(12)18-13-7-5-11(6-8-13)15-19-17-10-20-15/h5-8,10,12,14,18H,1-4,9,16H2. The summed E-state index contributed by atoms with van der Waals surface area (Å²) < 4.78 is 5.18. The van der Waals surface area contributed by atoms with E-state index in [9.17, 15) is 0 Å². The number of aromatic nitrogens is 2. The van der Waals surface area contributed by atoms with Gasteiger partial charge in [0, 0.05) is 17.3 Å². The smallest absolute Gasteiger partial charge is 0.247 e. The van der Waals surface area contributed by atoms with Crippen molar-refractivity contribution in [2.24, 2.45) is 11.7 Å². The number of rotatable bonds is 4. The summed E-state index contributed by atoms with van der Waals surface area (Å²) in [6, 6.07) is 8.60. The number of benzene rings is 1. The molecule has 0 saturated heterocycles. The van der Waals surface area contributed by atoms with Crippen LogP contribution < -0.4 is 11.1 Å². The van der Waals surface area contributed by atoms with Crippen LogP contribution in [0.5, 0.6) is 0 Å². The molecule has 1 aliphatic rings. The molecule has 0 bridgehead atoms. The van der Waals surface area contributed by atoms with Crippen LogP contribution in [0.4, 0.5) is 5.69 Å². The first-order valence-corrected chi connectivity index (χ1v) is 7.20. The predicted molar refractivity (Wildman–Crippen MR) is 78.2 cm³/mol. The summed E-state index contributed by atoms with van der Waals surface area (Å²) in [4.78, 5) is 0. The van der Waals surface area contributed by atoms with Gasteiger partial charge in [0.15, 0.2) is 0 Å². The lowest BCUT2D eigenvalue weighted by Crippen LogP contribution is -2.36. The normalized spacial score (nSPS) is 22.6. The fourth-order valence-electron chi connectivity index (χ4n) is 2.90. The molecule has 2 aromatic rings. The number of hydrogen-bond donors (Lipinski definition) is 2. The topological polar surface area (TPSA) is 77.0 Å². The number of nitrogens with zero attached hydrogens (tertiary/aromatic N) is 2. The third-order valence-corrected chi connectivity index (χ3v) is 4.06. The van der Waals surface area contributed by atoms with Gasteiger partial charge in [-0.15, -0.1) is 10.2 Å². The van der Waals surface area contributed by atoms with E-state index < -0.39 is 0 Å². The van der Waals surface area contributed by atoms with E-state index in [1.54, 1.807) is 0 Å². The summed E-state index contributed by atoms with van der Waals surface area (Å²) in [5.74, 6) is 1.13. The molecule has 1 aromatic heterocycles. The van der Waals surface area contributed by atoms with Gasteiger partial charge in [0.25, 0.3) is 0 Å². The molecule has 106 valence electrons. The van der Waals surface area contributed by atoms with Crippen molar-refractivity contribution in [2.45, 2.75) is 31.7 Å². The van der Waals surface area contributed by atoms with Crippen molar-refractivity contribution in [3.05, 3.63) is 30.7 Å². The second-order valence-corrected chi connectivity index (χ2v) is 5.35. The number of nitrogens with two attached hydrogens (primary N) is 1. The van der Waals surface area contributed by atoms with Crippen molar-refractivity contribution in [3.63, 3.8) is 0 Å². The molecule has 2 unspecified atom stereocenters. The zero-order valence-corrected chi connectivity index (χ0v) is 11.5. The Labute approximate surface area is 118 Å². The second kappa shape index (κ2) is 6.05. The fourth-order valence-corrected chi connectivity index (χ4v) is 2.90. The molecule has 2 atom stereocenters. The van der Waals surface area contributed by atoms with Crippen molar-refractivity contribution in [3.8, 4) is 11.5 Å². The maximum atomic E-state index is 5.87. The third-order valence-electron chi connectivity index (χ3n) is 4.06. The first kappa shape index (κ1) is 13.1. The van der Waals surface area contributed by atoms with Gasteiger partial charge in [-0.2, -0.15) is 0 Å². The van der Waals surface area contributed by atoms with Gasteiger partial charge < -0.3 is 15.5 Å². The van der Waals surface area contributed by atoms with Crippen LogP contribution in [0.3, 0.4) is 0 Å². The molecule has 0 amide bonds. The number of anilines is 1. The molecule has 1 fully saturated rings. The van der Waals surface area contributed by atoms with Gasteiger partial charge in [-0.05, 0) is 49.6 Å². The molecule has 1 heterocycles. The lowest BCUT2D eigenvalue weighted by atomic mass is 9.84. The Morgan fingerprint density at radius 3 is 2.70 bits per heavy atom. The summed E-state index contributed by atoms with van der Waals surface area (Å²) in [6.07, 6.45) is 6.36. The lowest BCUT2D eigenvalue weighted by molar-refractivity contribution is 0.332. The van der Waals surface area contributed by atoms with Crippen LogP contribution in [0.15, 0.2) is 35.1 Å². The van der Waals surface area contributed by atoms with E-state index in [0.717, 1.165) is 17.8 Å². The number of nitrogens with one attached hydrogen (secondary N) is 1. The Kier molecular flexibility index (Phi) is 3.97. The zero-order valence-electron chi connectivity index (χ0n) is 11.5. The maximum absolute atomic E-state index is 5.87. The number of hydrogen-bond acceptors (Lipinski definition) is 5. The van der Waals surface area contributed by atoms with Crippen LogP contribution in [0.2, 0.25) is 0 Å². The SMILES string of the molecule is NCC1CCCCC1Nc1ccc(-c2nnco2)cc1. The molecular formula is C15H20N4O. The van der Waals surface area contributed by atoms with Crippen molar-refractivity contribution in [2.75, 3.05) is 11.9 Å². The summed E-state index contributed by atoms with van der Waals surface area (Å²) in [5.41, 5.74) is 7.93. The van der Waals surface area contributed by atoms with E-state index >= 15 is 0 Å². The Morgan fingerprint density at radius 1 is 1.20 bits per heavy atom. The first-order valence-electron chi connectivity index (χ1n) is 7.20. The predicted octanol–water partition coefficient (Wildman–Crippen LogP) is 2.67. The highest BCUT2D eigenvalue weighted by Crippen LogP contribution is 2.27. The van der Waals surface area contributed by atoms with E-state index in [1.807, 2.05) is 12.1 Å². The maximum Gasteiger partial charge on any atom is 0.247 e. The van der Waals surface area contributed by atoms with Gasteiger partial charge in [-0.3, -0.25) is 0 Å². The molecule has 20 heavy (non-hydrogen) atoms. The van der Waals surface area contributed by atoms with Crippen LogP contribution in [0.1, 0.15) is 25.7 Å². The van der Waals surface area contributed by atoms with Gasteiger partial charge in [-0.1, -0.05) is 12.8 Å². The lowest BCUT2D eigenvalue weighted by Gasteiger charge is -2.32. The highest BCUT2D eigenvalue weighted by atomic mass is 16.4. The molecule has 0 radical (unpaired) electrons. The molecule has 5 nitrogen and oxygen atoms in total. The molecule has 5 heteroatoms. The minimum absolute atomic E-state index is 0.489. The van der Waals surface area contributed by atoms with Gasteiger partial charge in [0.05, 0.1) is 0 Å². The van der Waals surface area contributed by atoms with Gasteiger partial charge in [0.1, 0.15) is 0 Å². The minimum Gasteiger partial charge on any atom is -0.423 e. The van der Waals surface area contributed by atoms with Crippen molar-refractivity contribution in [1.29, 1.82) is 0 Å². The molecular weight excluding hydrogens is 252 g/mol. The van der Waals surface area contributed by atoms with E-state index in [0.29, 0.717) is 17.9 Å². The molecule has 0 spiro atoms. The molecule has 0 aliphatic heterocycles. The van der Waals surface area contributed by atoms with Crippen LogP contribution in [0, 0.1) is 5.92 Å². The van der Waals surface area contributed by atoms with E-state index in [4.69, 9.17) is 10.2 Å². The second-order valence-electron chi connectivity index (χ2n) is 5.35. The summed E-state index contributed by atoms with van der Waals surface area (Å²) >= 11 is 0. The molecule has 1 saturated carbocycles. The molecule has 1 aromatic carbocycles. The monoisotopic (exact) mass is 272 g/mol. The third kappa shape index (κ3) is 2.82. The summed E-state index contributed by atoms with van der Waals surface area (Å²) in [5, 5.41) is 11.2. The van der Waals surface area contributed by atoms with Gasteiger partial charge in [-0.25, -0.2) is 0 Å². The Morgan fingerprint density at radius 2 is 2.00 bits per heavy atom. The Hall–Kier alpha value is -1.88. The van der Waals surface area contributed by atoms with Gasteiger partial charge in [0.2, 0.25) is 12.3 Å². The molecule has 1 aliphatic carbocycles. The fraction of sp³-hybridized carbons (Fsp3) is 0.467. The van der Waals surface area contributed by atoms with Crippen molar-refractivity contribution < 1.29 is 4.42 Å². The van der Waals surface area contributed by atoms with Crippen LogP contribution in [-0.2, 0) is 0 Å². The van der Waals surface area contributed by atoms with Crippen LogP contribution in [0.25, 0.3) is 11.5 Å². The Bertz CT molecular complexity index is 523. The molecule has 3 rings (SSSR count). The zero-order chi connectivity index (χ0) is 13.8. The summed E-state index contributed by atoms with van der Waals surface area (Å²) in [6.45, 7) is 0.762. The summed E-state index contributed by atoms with van der Waals surface area (Å²) in [7, 11) is 0. The van der Waals surface area contributed by atoms with Gasteiger partial charge >= 0.3 is 0 Å². The average Bonchev–Trinajstić information content (AvgIpc) is 3.03. The van der Waals surface area contributed by atoms with Crippen molar-refractivity contribution >= 4 is 5.69 Å². The van der Waals surface area contributed by atoms with Crippen molar-refractivity contribution in [1.82, 2.24) is 10.2 Å². The minimum atomic E-state index is 0.489.